The van der Waals surface area contributed by atoms with Gasteiger partial charge in [-0.2, -0.15) is 0 Å². The zero-order chi connectivity index (χ0) is 8.27. The predicted molar refractivity (Wildman–Crippen MR) is 43.1 cm³/mol. The molecule has 0 aromatic carbocycles. The van der Waals surface area contributed by atoms with Crippen molar-refractivity contribution in [3.05, 3.63) is 11.6 Å². The smallest absolute Gasteiger partial charge is 0.333 e. The minimum Gasteiger partial charge on any atom is -0.463 e. The molecule has 0 heterocycles. The number of esters is 1. The van der Waals surface area contributed by atoms with Crippen molar-refractivity contribution in [3.63, 3.8) is 0 Å². The summed E-state index contributed by atoms with van der Waals surface area (Å²) >= 11 is 0. The second-order valence-corrected chi connectivity index (χ2v) is 2.86. The van der Waals surface area contributed by atoms with Crippen LogP contribution in [0.2, 0.25) is 0 Å². The van der Waals surface area contributed by atoms with Crippen LogP contribution in [0.1, 0.15) is 26.7 Å². The summed E-state index contributed by atoms with van der Waals surface area (Å²) in [6.07, 6.45) is 4.10. The van der Waals surface area contributed by atoms with Gasteiger partial charge in [0.1, 0.15) is 0 Å². The fourth-order valence-electron chi connectivity index (χ4n) is 1.34. The van der Waals surface area contributed by atoms with Gasteiger partial charge in [-0.05, 0) is 25.7 Å². The third kappa shape index (κ3) is 1.82. The van der Waals surface area contributed by atoms with Crippen molar-refractivity contribution in [1.82, 2.24) is 0 Å². The third-order valence-electron chi connectivity index (χ3n) is 2.01. The highest BCUT2D eigenvalue weighted by molar-refractivity contribution is 5.89. The van der Waals surface area contributed by atoms with E-state index >= 15 is 0 Å². The Morgan fingerprint density at radius 3 is 3.00 bits per heavy atom. The monoisotopic (exact) mass is 154 g/mol. The fourth-order valence-corrected chi connectivity index (χ4v) is 1.34. The molecular formula is C9H14O2. The van der Waals surface area contributed by atoms with Gasteiger partial charge in [0.25, 0.3) is 0 Å². The second-order valence-electron chi connectivity index (χ2n) is 2.86. The maximum absolute atomic E-state index is 11.2. The summed E-state index contributed by atoms with van der Waals surface area (Å²) in [6, 6.07) is 0. The van der Waals surface area contributed by atoms with Gasteiger partial charge in [0, 0.05) is 5.57 Å². The summed E-state index contributed by atoms with van der Waals surface area (Å²) in [4.78, 5) is 11.2. The zero-order valence-corrected chi connectivity index (χ0v) is 7.09. The van der Waals surface area contributed by atoms with Crippen molar-refractivity contribution < 1.29 is 9.53 Å². The molecule has 0 spiro atoms. The van der Waals surface area contributed by atoms with Crippen LogP contribution in [0.25, 0.3) is 0 Å². The number of carbonyl (C=O) groups excluding carboxylic acids is 1. The molecule has 1 aliphatic carbocycles. The summed E-state index contributed by atoms with van der Waals surface area (Å²) in [5.41, 5.74) is 0.867. The van der Waals surface area contributed by atoms with Gasteiger partial charge in [0.15, 0.2) is 0 Å². The van der Waals surface area contributed by atoms with Crippen molar-refractivity contribution in [2.75, 3.05) is 6.61 Å². The average Bonchev–Trinajstić information content (AvgIpc) is 2.36. The Labute approximate surface area is 67.2 Å². The van der Waals surface area contributed by atoms with E-state index < -0.39 is 0 Å². The highest BCUT2D eigenvalue weighted by atomic mass is 16.5. The van der Waals surface area contributed by atoms with Crippen molar-refractivity contribution in [2.24, 2.45) is 5.92 Å². The maximum Gasteiger partial charge on any atom is 0.333 e. The van der Waals surface area contributed by atoms with Crippen LogP contribution in [0.3, 0.4) is 0 Å². The molecule has 0 saturated heterocycles. The molecule has 0 bridgehead atoms. The van der Waals surface area contributed by atoms with Gasteiger partial charge in [0.2, 0.25) is 0 Å². The van der Waals surface area contributed by atoms with E-state index in [9.17, 15) is 4.79 Å². The molecule has 0 saturated carbocycles. The van der Waals surface area contributed by atoms with Crippen molar-refractivity contribution >= 4 is 5.97 Å². The van der Waals surface area contributed by atoms with Crippen LogP contribution in [0, 0.1) is 5.92 Å². The van der Waals surface area contributed by atoms with Gasteiger partial charge < -0.3 is 4.74 Å². The van der Waals surface area contributed by atoms with E-state index in [0.717, 1.165) is 18.4 Å². The highest BCUT2D eigenvalue weighted by Crippen LogP contribution is 2.25. The summed E-state index contributed by atoms with van der Waals surface area (Å²) in [5, 5.41) is 0. The number of rotatable bonds is 2. The molecule has 1 atom stereocenters. The number of hydrogen-bond acceptors (Lipinski definition) is 2. The minimum absolute atomic E-state index is 0.127. The number of allylic oxidation sites excluding steroid dienone is 1. The number of hydrogen-bond donors (Lipinski definition) is 0. The van der Waals surface area contributed by atoms with Gasteiger partial charge in [0.05, 0.1) is 6.61 Å². The Hall–Kier alpha value is -0.790. The van der Waals surface area contributed by atoms with Crippen LogP contribution >= 0.6 is 0 Å². The topological polar surface area (TPSA) is 26.3 Å². The van der Waals surface area contributed by atoms with Crippen LogP contribution in [-0.4, -0.2) is 12.6 Å². The van der Waals surface area contributed by atoms with E-state index in [1.807, 2.05) is 13.0 Å². The predicted octanol–water partition coefficient (Wildman–Crippen LogP) is 1.91. The molecule has 62 valence electrons. The molecule has 0 radical (unpaired) electrons. The van der Waals surface area contributed by atoms with Crippen LogP contribution in [0.4, 0.5) is 0 Å². The normalized spacial score (nSPS) is 23.1. The van der Waals surface area contributed by atoms with E-state index in [0.29, 0.717) is 12.5 Å². The first-order valence-corrected chi connectivity index (χ1v) is 4.13. The molecule has 0 fully saturated rings. The fraction of sp³-hybridized carbons (Fsp3) is 0.667. The highest BCUT2D eigenvalue weighted by Gasteiger charge is 2.21. The minimum atomic E-state index is -0.127. The molecule has 0 N–H and O–H groups in total. The van der Waals surface area contributed by atoms with Gasteiger partial charge in [-0.3, -0.25) is 0 Å². The van der Waals surface area contributed by atoms with Gasteiger partial charge >= 0.3 is 5.97 Å². The Morgan fingerprint density at radius 1 is 1.82 bits per heavy atom. The molecule has 11 heavy (non-hydrogen) atoms. The van der Waals surface area contributed by atoms with Gasteiger partial charge in [-0.25, -0.2) is 4.79 Å². The van der Waals surface area contributed by atoms with Gasteiger partial charge in [-0.15, -0.1) is 0 Å². The zero-order valence-electron chi connectivity index (χ0n) is 7.09. The van der Waals surface area contributed by atoms with Crippen LogP contribution in [-0.2, 0) is 9.53 Å². The SMILES string of the molecule is CCOC(=O)C1=CCCC1C. The summed E-state index contributed by atoms with van der Waals surface area (Å²) in [7, 11) is 0. The Bertz CT molecular complexity index is 182. The molecule has 1 rings (SSSR count). The lowest BCUT2D eigenvalue weighted by Gasteiger charge is -2.06. The average molecular weight is 154 g/mol. The molecule has 0 aliphatic heterocycles. The lowest BCUT2D eigenvalue weighted by molar-refractivity contribution is -0.139. The van der Waals surface area contributed by atoms with E-state index in [2.05, 4.69) is 6.92 Å². The van der Waals surface area contributed by atoms with Crippen LogP contribution in [0.15, 0.2) is 11.6 Å². The molecule has 1 aliphatic rings. The first kappa shape index (κ1) is 8.31. The lowest BCUT2D eigenvalue weighted by atomic mass is 10.1. The third-order valence-corrected chi connectivity index (χ3v) is 2.01. The second kappa shape index (κ2) is 3.56. The largest absolute Gasteiger partial charge is 0.463 e. The molecule has 2 nitrogen and oxygen atoms in total. The Morgan fingerprint density at radius 2 is 2.55 bits per heavy atom. The lowest BCUT2D eigenvalue weighted by Crippen LogP contribution is -2.10. The van der Waals surface area contributed by atoms with Gasteiger partial charge in [-0.1, -0.05) is 13.0 Å². The maximum atomic E-state index is 11.2. The first-order valence-electron chi connectivity index (χ1n) is 4.13. The number of ether oxygens (including phenoxy) is 1. The molecule has 1 unspecified atom stereocenters. The van der Waals surface area contributed by atoms with Crippen LogP contribution < -0.4 is 0 Å². The van der Waals surface area contributed by atoms with E-state index in [1.54, 1.807) is 0 Å². The van der Waals surface area contributed by atoms with Crippen molar-refractivity contribution in [3.8, 4) is 0 Å². The standard InChI is InChI=1S/C9H14O2/c1-3-11-9(10)8-6-4-5-7(8)2/h6-7H,3-5H2,1-2H3. The molecule has 0 amide bonds. The molecule has 0 aromatic rings. The van der Waals surface area contributed by atoms with Crippen molar-refractivity contribution in [1.29, 1.82) is 0 Å². The molecular weight excluding hydrogens is 140 g/mol. The van der Waals surface area contributed by atoms with E-state index in [4.69, 9.17) is 4.74 Å². The summed E-state index contributed by atoms with van der Waals surface area (Å²) < 4.78 is 4.89. The summed E-state index contributed by atoms with van der Waals surface area (Å²) in [6.45, 7) is 4.37. The quantitative estimate of drug-likeness (QED) is 0.568. The van der Waals surface area contributed by atoms with E-state index in [1.165, 1.54) is 0 Å². The molecule has 0 aromatic heterocycles. The Balaban J connectivity index is 2.52. The molecule has 2 heteroatoms. The van der Waals surface area contributed by atoms with E-state index in [-0.39, 0.29) is 5.97 Å². The van der Waals surface area contributed by atoms with Crippen molar-refractivity contribution in [2.45, 2.75) is 26.7 Å². The Kier molecular flexibility index (Phi) is 2.69. The summed E-state index contributed by atoms with van der Waals surface area (Å²) in [5.74, 6) is 0.270. The first-order chi connectivity index (χ1) is 5.25. The number of carbonyl (C=O) groups is 1. The van der Waals surface area contributed by atoms with Crippen LogP contribution in [0.5, 0.6) is 0 Å².